The number of hydrogen-bond donors (Lipinski definition) is 1. The van der Waals surface area contributed by atoms with Gasteiger partial charge in [-0.05, 0) is 60.5 Å². The number of nitrogens with one attached hydrogen (secondary N) is 1. The standard InChI is InChI=1S/C19H21N5O3S/c1-24(14-11-15-9-12-20-13-10-15)19-8-7-18(21-22-19)23-28(25,26)17-5-3-16(27-2)4-6-17/h3-10,12-13H,11,14H2,1-2H3,(H,21,23). The number of anilines is 2. The van der Waals surface area contributed by atoms with Crippen LogP contribution < -0.4 is 14.4 Å². The summed E-state index contributed by atoms with van der Waals surface area (Å²) >= 11 is 0. The van der Waals surface area contributed by atoms with Gasteiger partial charge in [0.25, 0.3) is 10.0 Å². The van der Waals surface area contributed by atoms with Gasteiger partial charge in [0.1, 0.15) is 5.75 Å². The smallest absolute Gasteiger partial charge is 0.263 e. The van der Waals surface area contributed by atoms with Gasteiger partial charge in [-0.3, -0.25) is 9.71 Å². The van der Waals surface area contributed by atoms with Gasteiger partial charge >= 0.3 is 0 Å². The van der Waals surface area contributed by atoms with Crippen molar-refractivity contribution in [1.82, 2.24) is 15.2 Å². The molecular formula is C19H21N5O3S. The molecule has 9 heteroatoms. The Kier molecular flexibility index (Phi) is 6.05. The van der Waals surface area contributed by atoms with E-state index in [9.17, 15) is 8.42 Å². The van der Waals surface area contributed by atoms with Gasteiger partial charge in [-0.15, -0.1) is 10.2 Å². The van der Waals surface area contributed by atoms with Crippen molar-refractivity contribution in [3.8, 4) is 5.75 Å². The summed E-state index contributed by atoms with van der Waals surface area (Å²) in [6.45, 7) is 0.746. The lowest BCUT2D eigenvalue weighted by atomic mass is 10.2. The van der Waals surface area contributed by atoms with E-state index in [1.54, 1.807) is 36.7 Å². The number of likely N-dealkylation sites (N-methyl/N-ethyl adjacent to an activating group) is 1. The largest absolute Gasteiger partial charge is 0.497 e. The molecule has 0 bridgehead atoms. The molecule has 2 aromatic heterocycles. The zero-order chi connectivity index (χ0) is 20.0. The van der Waals surface area contributed by atoms with Crippen LogP contribution in [-0.4, -0.2) is 44.3 Å². The van der Waals surface area contributed by atoms with Crippen LogP contribution in [0.1, 0.15) is 5.56 Å². The second-order valence-electron chi connectivity index (χ2n) is 6.08. The van der Waals surface area contributed by atoms with Gasteiger partial charge in [-0.25, -0.2) is 8.42 Å². The molecule has 0 atom stereocenters. The molecule has 3 aromatic rings. The lowest BCUT2D eigenvalue weighted by Crippen LogP contribution is -2.22. The molecule has 146 valence electrons. The Morgan fingerprint density at radius 1 is 1.00 bits per heavy atom. The number of benzene rings is 1. The molecule has 0 saturated carbocycles. The van der Waals surface area contributed by atoms with Gasteiger partial charge in [-0.1, -0.05) is 0 Å². The van der Waals surface area contributed by atoms with E-state index in [1.165, 1.54) is 24.8 Å². The fourth-order valence-electron chi connectivity index (χ4n) is 2.50. The van der Waals surface area contributed by atoms with E-state index in [-0.39, 0.29) is 10.7 Å². The summed E-state index contributed by atoms with van der Waals surface area (Å²) in [4.78, 5) is 6.07. The number of pyridine rings is 1. The number of rotatable bonds is 8. The molecule has 0 aliphatic heterocycles. The lowest BCUT2D eigenvalue weighted by molar-refractivity contribution is 0.414. The minimum absolute atomic E-state index is 0.119. The second kappa shape index (κ2) is 8.66. The van der Waals surface area contributed by atoms with E-state index in [0.717, 1.165) is 13.0 Å². The number of aromatic nitrogens is 3. The topological polar surface area (TPSA) is 97.3 Å². The molecule has 1 N–H and O–H groups in total. The van der Waals surface area contributed by atoms with Gasteiger partial charge in [0.15, 0.2) is 11.6 Å². The van der Waals surface area contributed by atoms with E-state index in [0.29, 0.717) is 11.6 Å². The third kappa shape index (κ3) is 4.95. The minimum Gasteiger partial charge on any atom is -0.497 e. The first kappa shape index (κ1) is 19.6. The number of hydrogen-bond acceptors (Lipinski definition) is 7. The van der Waals surface area contributed by atoms with E-state index in [2.05, 4.69) is 19.9 Å². The zero-order valence-corrected chi connectivity index (χ0v) is 16.4. The lowest BCUT2D eigenvalue weighted by Gasteiger charge is -2.17. The summed E-state index contributed by atoms with van der Waals surface area (Å²) in [6, 6.07) is 13.4. The molecular weight excluding hydrogens is 378 g/mol. The summed E-state index contributed by atoms with van der Waals surface area (Å²) in [5.41, 5.74) is 1.18. The van der Waals surface area contributed by atoms with Crippen LogP contribution in [0.3, 0.4) is 0 Å². The Morgan fingerprint density at radius 3 is 2.32 bits per heavy atom. The van der Waals surface area contributed by atoms with Crippen molar-refractivity contribution in [3.63, 3.8) is 0 Å². The number of ether oxygens (including phenoxy) is 1. The van der Waals surface area contributed by atoms with Crippen LogP contribution in [-0.2, 0) is 16.4 Å². The van der Waals surface area contributed by atoms with Crippen LogP contribution in [0.2, 0.25) is 0 Å². The summed E-state index contributed by atoms with van der Waals surface area (Å²) < 4.78 is 32.4. The zero-order valence-electron chi connectivity index (χ0n) is 15.6. The molecule has 0 radical (unpaired) electrons. The fraction of sp³-hybridized carbons (Fsp3) is 0.211. The van der Waals surface area contributed by atoms with E-state index >= 15 is 0 Å². The van der Waals surface area contributed by atoms with E-state index in [1.807, 2.05) is 24.1 Å². The Hall–Kier alpha value is -3.20. The number of sulfonamides is 1. The molecule has 0 aliphatic carbocycles. The van der Waals surface area contributed by atoms with Crippen LogP contribution in [0.4, 0.5) is 11.6 Å². The highest BCUT2D eigenvalue weighted by atomic mass is 32.2. The Morgan fingerprint density at radius 2 is 1.71 bits per heavy atom. The van der Waals surface area contributed by atoms with Crippen LogP contribution >= 0.6 is 0 Å². The molecule has 2 heterocycles. The normalized spacial score (nSPS) is 11.1. The highest BCUT2D eigenvalue weighted by molar-refractivity contribution is 7.92. The average molecular weight is 399 g/mol. The summed E-state index contributed by atoms with van der Waals surface area (Å²) in [7, 11) is -0.315. The SMILES string of the molecule is COc1ccc(S(=O)(=O)Nc2ccc(N(C)CCc3ccncc3)nn2)cc1. The summed E-state index contributed by atoms with van der Waals surface area (Å²) in [6.07, 6.45) is 4.37. The Balaban J connectivity index is 1.63. The predicted octanol–water partition coefficient (Wildman–Crippen LogP) is 2.36. The summed E-state index contributed by atoms with van der Waals surface area (Å²) in [5.74, 6) is 1.39. The van der Waals surface area contributed by atoms with Crippen LogP contribution in [0.25, 0.3) is 0 Å². The average Bonchev–Trinajstić information content (AvgIpc) is 2.73. The highest BCUT2D eigenvalue weighted by Gasteiger charge is 2.15. The molecule has 8 nitrogen and oxygen atoms in total. The molecule has 0 spiro atoms. The predicted molar refractivity (Wildman–Crippen MR) is 107 cm³/mol. The second-order valence-corrected chi connectivity index (χ2v) is 7.77. The van der Waals surface area contributed by atoms with Crippen molar-refractivity contribution in [1.29, 1.82) is 0 Å². The maximum absolute atomic E-state index is 12.4. The molecule has 1 aromatic carbocycles. The minimum atomic E-state index is -3.75. The third-order valence-corrected chi connectivity index (χ3v) is 5.51. The molecule has 0 aliphatic rings. The monoisotopic (exact) mass is 399 g/mol. The molecule has 3 rings (SSSR count). The molecule has 28 heavy (non-hydrogen) atoms. The van der Waals surface area contributed by atoms with Crippen molar-refractivity contribution in [3.05, 3.63) is 66.5 Å². The van der Waals surface area contributed by atoms with Gasteiger partial charge in [0.05, 0.1) is 12.0 Å². The third-order valence-electron chi connectivity index (χ3n) is 4.14. The fourth-order valence-corrected chi connectivity index (χ4v) is 3.49. The van der Waals surface area contributed by atoms with Crippen molar-refractivity contribution in [2.24, 2.45) is 0 Å². The molecule has 0 unspecified atom stereocenters. The Labute approximate surface area is 164 Å². The maximum atomic E-state index is 12.4. The van der Waals surface area contributed by atoms with Gasteiger partial charge in [0, 0.05) is 26.0 Å². The van der Waals surface area contributed by atoms with E-state index in [4.69, 9.17) is 4.74 Å². The first-order chi connectivity index (χ1) is 13.5. The van der Waals surface area contributed by atoms with Crippen LogP contribution in [0.5, 0.6) is 5.75 Å². The molecule has 0 amide bonds. The number of methoxy groups -OCH3 is 1. The first-order valence-electron chi connectivity index (χ1n) is 8.58. The van der Waals surface area contributed by atoms with Crippen molar-refractivity contribution in [2.75, 3.05) is 30.3 Å². The molecule has 0 fully saturated rings. The van der Waals surface area contributed by atoms with Gasteiger partial charge in [-0.2, -0.15) is 0 Å². The van der Waals surface area contributed by atoms with Crippen LogP contribution in [0.15, 0.2) is 65.8 Å². The highest BCUT2D eigenvalue weighted by Crippen LogP contribution is 2.19. The van der Waals surface area contributed by atoms with E-state index < -0.39 is 10.0 Å². The first-order valence-corrected chi connectivity index (χ1v) is 10.1. The quantitative estimate of drug-likeness (QED) is 0.621. The van der Waals surface area contributed by atoms with Gasteiger partial charge in [0.2, 0.25) is 0 Å². The van der Waals surface area contributed by atoms with Crippen LogP contribution in [0, 0.1) is 0 Å². The Bertz CT molecular complexity index is 994. The summed E-state index contributed by atoms with van der Waals surface area (Å²) in [5, 5.41) is 8.10. The van der Waals surface area contributed by atoms with Crippen molar-refractivity contribution >= 4 is 21.7 Å². The number of nitrogens with zero attached hydrogens (tertiary/aromatic N) is 4. The molecule has 0 saturated heterocycles. The van der Waals surface area contributed by atoms with Crippen molar-refractivity contribution < 1.29 is 13.2 Å². The van der Waals surface area contributed by atoms with Crippen molar-refractivity contribution in [2.45, 2.75) is 11.3 Å². The van der Waals surface area contributed by atoms with Gasteiger partial charge < -0.3 is 9.64 Å². The maximum Gasteiger partial charge on any atom is 0.263 e.